The minimum atomic E-state index is -4.51. The van der Waals surface area contributed by atoms with Gasteiger partial charge in [0.25, 0.3) is 0 Å². The van der Waals surface area contributed by atoms with E-state index in [1.807, 2.05) is 0 Å². The zero-order valence-corrected chi connectivity index (χ0v) is 10.7. The Morgan fingerprint density at radius 3 is 2.53 bits per heavy atom. The Balaban J connectivity index is 3.11. The molecule has 2 N–H and O–H groups in total. The highest BCUT2D eigenvalue weighted by Gasteiger charge is 2.34. The van der Waals surface area contributed by atoms with E-state index >= 15 is 0 Å². The fourth-order valence-electron chi connectivity index (χ4n) is 1.28. The molecule has 0 aliphatic rings. The molecular formula is C10H8BrClF3NO. The predicted molar refractivity (Wildman–Crippen MR) is 62.1 cm³/mol. The van der Waals surface area contributed by atoms with Gasteiger partial charge < -0.3 is 5.73 Å². The second-order valence-corrected chi connectivity index (χ2v) is 4.92. The number of amides is 1. The molecule has 0 saturated heterocycles. The SMILES string of the molecule is NC(=O)C(Br)Cc1ccc(Cl)cc1C(F)(F)F. The third kappa shape index (κ3) is 3.89. The van der Waals surface area contributed by atoms with Crippen LogP contribution in [0.5, 0.6) is 0 Å². The molecule has 0 heterocycles. The third-order valence-corrected chi connectivity index (χ3v) is 3.10. The van der Waals surface area contributed by atoms with Crippen LogP contribution in [-0.2, 0) is 17.4 Å². The highest BCUT2D eigenvalue weighted by Crippen LogP contribution is 2.34. The molecule has 0 radical (unpaired) electrons. The van der Waals surface area contributed by atoms with Gasteiger partial charge in [0, 0.05) is 5.02 Å². The van der Waals surface area contributed by atoms with E-state index in [2.05, 4.69) is 15.9 Å². The lowest BCUT2D eigenvalue weighted by atomic mass is 10.0. The van der Waals surface area contributed by atoms with Crippen molar-refractivity contribution in [3.05, 3.63) is 34.3 Å². The number of hydrogen-bond donors (Lipinski definition) is 1. The molecule has 1 unspecified atom stereocenters. The molecule has 2 nitrogen and oxygen atoms in total. The van der Waals surface area contributed by atoms with E-state index in [0.29, 0.717) is 0 Å². The first-order valence-electron chi connectivity index (χ1n) is 4.51. The molecule has 0 aromatic heterocycles. The number of benzene rings is 1. The second kappa shape index (κ2) is 5.27. The summed E-state index contributed by atoms with van der Waals surface area (Å²) < 4.78 is 38.1. The number of alkyl halides is 4. The number of primary amides is 1. The van der Waals surface area contributed by atoms with Gasteiger partial charge in [-0.3, -0.25) is 4.79 Å². The summed E-state index contributed by atoms with van der Waals surface area (Å²) in [5, 5.41) is -0.00808. The number of nitrogens with two attached hydrogens (primary N) is 1. The van der Waals surface area contributed by atoms with E-state index in [9.17, 15) is 18.0 Å². The summed E-state index contributed by atoms with van der Waals surface area (Å²) in [7, 11) is 0. The van der Waals surface area contributed by atoms with E-state index in [0.717, 1.165) is 6.07 Å². The standard InChI is InChI=1S/C10H8BrClF3NO/c11-8(9(16)17)3-5-1-2-6(12)4-7(5)10(13,14)15/h1-2,4,8H,3H2,(H2,16,17). The predicted octanol–water partition coefficient (Wildman–Crippen LogP) is 3.15. The minimum absolute atomic E-state index is 0.00808. The Morgan fingerprint density at radius 2 is 2.06 bits per heavy atom. The lowest BCUT2D eigenvalue weighted by molar-refractivity contribution is -0.138. The lowest BCUT2D eigenvalue weighted by Crippen LogP contribution is -2.26. The van der Waals surface area contributed by atoms with E-state index < -0.39 is 22.5 Å². The molecule has 94 valence electrons. The minimum Gasteiger partial charge on any atom is -0.369 e. The van der Waals surface area contributed by atoms with Gasteiger partial charge >= 0.3 is 6.18 Å². The number of carbonyl (C=O) groups is 1. The summed E-state index contributed by atoms with van der Waals surface area (Å²) in [6, 6.07) is 3.41. The van der Waals surface area contributed by atoms with Gasteiger partial charge in [0.15, 0.2) is 0 Å². The first-order valence-corrected chi connectivity index (χ1v) is 5.80. The Hall–Kier alpha value is -0.750. The first-order chi connectivity index (χ1) is 7.71. The molecule has 7 heteroatoms. The highest BCUT2D eigenvalue weighted by atomic mass is 79.9. The summed E-state index contributed by atoms with van der Waals surface area (Å²) in [6.07, 6.45) is -4.65. The number of halogens is 5. The molecule has 17 heavy (non-hydrogen) atoms. The second-order valence-electron chi connectivity index (χ2n) is 3.37. The molecule has 0 aliphatic carbocycles. The zero-order chi connectivity index (χ0) is 13.2. The van der Waals surface area contributed by atoms with Gasteiger partial charge in [-0.1, -0.05) is 33.6 Å². The van der Waals surface area contributed by atoms with E-state index in [-0.39, 0.29) is 17.0 Å². The maximum atomic E-state index is 12.7. The van der Waals surface area contributed by atoms with Crippen molar-refractivity contribution in [2.45, 2.75) is 17.4 Å². The first kappa shape index (κ1) is 14.3. The molecule has 1 atom stereocenters. The lowest BCUT2D eigenvalue weighted by Gasteiger charge is -2.14. The van der Waals surface area contributed by atoms with Gasteiger partial charge in [-0.05, 0) is 24.1 Å². The Bertz CT molecular complexity index is 436. The normalized spacial score (nSPS) is 13.5. The topological polar surface area (TPSA) is 43.1 Å². The van der Waals surface area contributed by atoms with Crippen LogP contribution in [-0.4, -0.2) is 10.7 Å². The molecule has 1 amide bonds. The number of rotatable bonds is 3. The van der Waals surface area contributed by atoms with Crippen LogP contribution in [0, 0.1) is 0 Å². The van der Waals surface area contributed by atoms with Crippen LogP contribution < -0.4 is 5.73 Å². The van der Waals surface area contributed by atoms with Crippen LogP contribution in [0.4, 0.5) is 13.2 Å². The maximum absolute atomic E-state index is 12.7. The molecule has 0 aliphatic heterocycles. The van der Waals surface area contributed by atoms with Crippen LogP contribution in [0.3, 0.4) is 0 Å². The zero-order valence-electron chi connectivity index (χ0n) is 8.39. The van der Waals surface area contributed by atoms with Crippen LogP contribution in [0.15, 0.2) is 18.2 Å². The maximum Gasteiger partial charge on any atom is 0.416 e. The average molecular weight is 331 g/mol. The van der Waals surface area contributed by atoms with E-state index in [4.69, 9.17) is 17.3 Å². The Labute approximate surface area is 109 Å². The van der Waals surface area contributed by atoms with Gasteiger partial charge in [-0.2, -0.15) is 13.2 Å². The van der Waals surface area contributed by atoms with Crippen molar-refractivity contribution in [1.82, 2.24) is 0 Å². The van der Waals surface area contributed by atoms with Crippen LogP contribution >= 0.6 is 27.5 Å². The summed E-state index contributed by atoms with van der Waals surface area (Å²) >= 11 is 8.44. The molecule has 0 spiro atoms. The monoisotopic (exact) mass is 329 g/mol. The third-order valence-electron chi connectivity index (χ3n) is 2.09. The Morgan fingerprint density at radius 1 is 1.47 bits per heavy atom. The molecular weight excluding hydrogens is 322 g/mol. The summed E-state index contributed by atoms with van der Waals surface area (Å²) in [5.41, 5.74) is 4.10. The van der Waals surface area contributed by atoms with Crippen molar-refractivity contribution in [3.8, 4) is 0 Å². The molecule has 1 rings (SSSR count). The number of hydrogen-bond acceptors (Lipinski definition) is 1. The van der Waals surface area contributed by atoms with Crippen molar-refractivity contribution in [3.63, 3.8) is 0 Å². The molecule has 0 bridgehead atoms. The van der Waals surface area contributed by atoms with Crippen molar-refractivity contribution < 1.29 is 18.0 Å². The summed E-state index contributed by atoms with van der Waals surface area (Å²) in [5.74, 6) is -0.715. The van der Waals surface area contributed by atoms with Crippen molar-refractivity contribution in [1.29, 1.82) is 0 Å². The summed E-state index contributed by atoms with van der Waals surface area (Å²) in [6.45, 7) is 0. The Kier molecular flexibility index (Phi) is 4.43. The molecule has 1 aromatic carbocycles. The van der Waals surface area contributed by atoms with Crippen molar-refractivity contribution in [2.24, 2.45) is 5.73 Å². The molecule has 1 aromatic rings. The number of carbonyl (C=O) groups excluding carboxylic acids is 1. The largest absolute Gasteiger partial charge is 0.416 e. The van der Waals surface area contributed by atoms with Crippen molar-refractivity contribution in [2.75, 3.05) is 0 Å². The quantitative estimate of drug-likeness (QED) is 0.850. The molecule has 0 fully saturated rings. The average Bonchev–Trinajstić information content (AvgIpc) is 2.18. The fraction of sp³-hybridized carbons (Fsp3) is 0.300. The van der Waals surface area contributed by atoms with Gasteiger partial charge in [0.2, 0.25) is 5.91 Å². The van der Waals surface area contributed by atoms with Crippen LogP contribution in [0.25, 0.3) is 0 Å². The van der Waals surface area contributed by atoms with Gasteiger partial charge in [0.05, 0.1) is 10.4 Å². The van der Waals surface area contributed by atoms with Crippen LogP contribution in [0.2, 0.25) is 5.02 Å². The van der Waals surface area contributed by atoms with Crippen molar-refractivity contribution >= 4 is 33.4 Å². The smallest absolute Gasteiger partial charge is 0.369 e. The molecule has 0 saturated carbocycles. The van der Waals surface area contributed by atoms with Gasteiger partial charge in [-0.25, -0.2) is 0 Å². The van der Waals surface area contributed by atoms with Gasteiger partial charge in [-0.15, -0.1) is 0 Å². The highest BCUT2D eigenvalue weighted by molar-refractivity contribution is 9.10. The van der Waals surface area contributed by atoms with Crippen LogP contribution in [0.1, 0.15) is 11.1 Å². The van der Waals surface area contributed by atoms with E-state index in [1.165, 1.54) is 12.1 Å². The van der Waals surface area contributed by atoms with E-state index in [1.54, 1.807) is 0 Å². The van der Waals surface area contributed by atoms with Gasteiger partial charge in [0.1, 0.15) is 0 Å². The summed E-state index contributed by atoms with van der Waals surface area (Å²) in [4.78, 5) is 9.96. The fourth-order valence-corrected chi connectivity index (χ4v) is 1.81.